The number of halogens is 2. The SMILES string of the molecule is CNC(=O)CC1OC(n2cnc3c(NCc4cccc(I)c4)nc(Cl)nc32)C(O)C1O. The fourth-order valence-corrected chi connectivity index (χ4v) is 4.22. The van der Waals surface area contributed by atoms with Gasteiger partial charge in [0.2, 0.25) is 11.2 Å². The van der Waals surface area contributed by atoms with E-state index >= 15 is 0 Å². The summed E-state index contributed by atoms with van der Waals surface area (Å²) >= 11 is 8.38. The first-order chi connectivity index (χ1) is 14.9. The molecule has 164 valence electrons. The number of benzene rings is 1. The van der Waals surface area contributed by atoms with Crippen LogP contribution in [0.3, 0.4) is 0 Å². The fraction of sp³-hybridized carbons (Fsp3) is 0.368. The molecule has 1 amide bonds. The van der Waals surface area contributed by atoms with Gasteiger partial charge in [-0.2, -0.15) is 9.97 Å². The Kier molecular flexibility index (Phi) is 6.57. The molecule has 4 atom stereocenters. The number of amides is 1. The summed E-state index contributed by atoms with van der Waals surface area (Å²) in [5.41, 5.74) is 1.83. The molecule has 0 saturated carbocycles. The highest BCUT2D eigenvalue weighted by Crippen LogP contribution is 2.34. The van der Waals surface area contributed by atoms with Gasteiger partial charge in [0.1, 0.15) is 12.2 Å². The number of anilines is 1. The molecular formula is C19H20ClIN6O4. The lowest BCUT2D eigenvalue weighted by atomic mass is 10.1. The van der Waals surface area contributed by atoms with Crippen LogP contribution in [-0.4, -0.2) is 61.0 Å². The summed E-state index contributed by atoms with van der Waals surface area (Å²) in [6.45, 7) is 0.502. The number of hydrogen-bond acceptors (Lipinski definition) is 8. The molecule has 1 aromatic carbocycles. The molecule has 0 spiro atoms. The van der Waals surface area contributed by atoms with Gasteiger partial charge < -0.3 is 25.6 Å². The first kappa shape index (κ1) is 22.1. The van der Waals surface area contributed by atoms with Crippen molar-refractivity contribution in [3.8, 4) is 0 Å². The number of nitrogens with one attached hydrogen (secondary N) is 2. The third kappa shape index (κ3) is 4.60. The molecule has 0 radical (unpaired) electrons. The van der Waals surface area contributed by atoms with Gasteiger partial charge in [0.05, 0.1) is 18.9 Å². The summed E-state index contributed by atoms with van der Waals surface area (Å²) in [5, 5.41) is 26.5. The van der Waals surface area contributed by atoms with Crippen molar-refractivity contribution in [2.75, 3.05) is 12.4 Å². The molecule has 0 aliphatic carbocycles. The van der Waals surface area contributed by atoms with Crippen molar-refractivity contribution in [3.05, 3.63) is 45.0 Å². The molecule has 3 heterocycles. The lowest BCUT2D eigenvalue weighted by Gasteiger charge is -2.16. The monoisotopic (exact) mass is 558 g/mol. The van der Waals surface area contributed by atoms with E-state index in [1.54, 1.807) is 0 Å². The second-order valence-electron chi connectivity index (χ2n) is 7.07. The molecule has 3 aromatic rings. The zero-order valence-electron chi connectivity index (χ0n) is 16.4. The van der Waals surface area contributed by atoms with E-state index in [4.69, 9.17) is 16.3 Å². The van der Waals surface area contributed by atoms with Crippen molar-refractivity contribution in [2.45, 2.75) is 37.5 Å². The minimum Gasteiger partial charge on any atom is -0.388 e. The molecule has 1 aliphatic rings. The Balaban J connectivity index is 1.61. The van der Waals surface area contributed by atoms with E-state index in [-0.39, 0.29) is 17.6 Å². The Morgan fingerprint density at radius 3 is 2.87 bits per heavy atom. The van der Waals surface area contributed by atoms with Crippen LogP contribution in [0.15, 0.2) is 30.6 Å². The third-order valence-electron chi connectivity index (χ3n) is 5.02. The van der Waals surface area contributed by atoms with Gasteiger partial charge in [-0.15, -0.1) is 0 Å². The molecule has 4 N–H and O–H groups in total. The van der Waals surface area contributed by atoms with Crippen LogP contribution >= 0.6 is 34.2 Å². The Bertz CT molecular complexity index is 1110. The Morgan fingerprint density at radius 2 is 2.13 bits per heavy atom. The van der Waals surface area contributed by atoms with Crippen molar-refractivity contribution in [3.63, 3.8) is 0 Å². The van der Waals surface area contributed by atoms with E-state index in [0.717, 1.165) is 9.13 Å². The van der Waals surface area contributed by atoms with Crippen molar-refractivity contribution in [2.24, 2.45) is 0 Å². The van der Waals surface area contributed by atoms with Crippen LogP contribution in [0, 0.1) is 3.57 Å². The van der Waals surface area contributed by atoms with Gasteiger partial charge in [0, 0.05) is 17.2 Å². The summed E-state index contributed by atoms with van der Waals surface area (Å²) in [6.07, 6.45) is -3.01. The van der Waals surface area contributed by atoms with Crippen LogP contribution in [0.1, 0.15) is 18.2 Å². The largest absolute Gasteiger partial charge is 0.388 e. The first-order valence-corrected chi connectivity index (χ1v) is 10.9. The molecule has 4 rings (SSSR count). The number of nitrogens with zero attached hydrogens (tertiary/aromatic N) is 4. The van der Waals surface area contributed by atoms with Crippen LogP contribution in [-0.2, 0) is 16.1 Å². The van der Waals surface area contributed by atoms with E-state index in [1.165, 1.54) is 17.9 Å². The van der Waals surface area contributed by atoms with Crippen LogP contribution in [0.25, 0.3) is 11.2 Å². The topological polar surface area (TPSA) is 134 Å². The van der Waals surface area contributed by atoms with Gasteiger partial charge in [-0.05, 0) is 51.9 Å². The molecule has 12 heteroatoms. The number of rotatable bonds is 6. The number of aromatic nitrogens is 4. The van der Waals surface area contributed by atoms with Crippen molar-refractivity contribution < 1.29 is 19.7 Å². The molecule has 2 aromatic heterocycles. The number of carbonyl (C=O) groups excluding carboxylic acids is 1. The Hall–Kier alpha value is -2.06. The van der Waals surface area contributed by atoms with Crippen molar-refractivity contribution in [1.29, 1.82) is 0 Å². The van der Waals surface area contributed by atoms with Crippen LogP contribution < -0.4 is 10.6 Å². The van der Waals surface area contributed by atoms with Crippen LogP contribution in [0.5, 0.6) is 0 Å². The first-order valence-electron chi connectivity index (χ1n) is 9.48. The fourth-order valence-electron chi connectivity index (χ4n) is 3.44. The number of carbonyl (C=O) groups is 1. The average molecular weight is 559 g/mol. The Morgan fingerprint density at radius 1 is 1.32 bits per heavy atom. The van der Waals surface area contributed by atoms with Crippen LogP contribution in [0.4, 0.5) is 5.82 Å². The van der Waals surface area contributed by atoms with E-state index in [0.29, 0.717) is 23.5 Å². The molecule has 1 fully saturated rings. The molecule has 10 nitrogen and oxygen atoms in total. The lowest BCUT2D eigenvalue weighted by molar-refractivity contribution is -0.125. The van der Waals surface area contributed by atoms with E-state index in [2.05, 4.69) is 48.2 Å². The highest BCUT2D eigenvalue weighted by molar-refractivity contribution is 14.1. The minimum atomic E-state index is -1.27. The zero-order valence-corrected chi connectivity index (χ0v) is 19.3. The van der Waals surface area contributed by atoms with Gasteiger partial charge in [0.25, 0.3) is 0 Å². The highest BCUT2D eigenvalue weighted by atomic mass is 127. The zero-order chi connectivity index (χ0) is 22.1. The third-order valence-corrected chi connectivity index (χ3v) is 5.86. The lowest BCUT2D eigenvalue weighted by Crippen LogP contribution is -2.34. The van der Waals surface area contributed by atoms with E-state index < -0.39 is 24.5 Å². The summed E-state index contributed by atoms with van der Waals surface area (Å²) in [5.74, 6) is 0.127. The summed E-state index contributed by atoms with van der Waals surface area (Å²) in [7, 11) is 1.49. The maximum atomic E-state index is 11.7. The van der Waals surface area contributed by atoms with Gasteiger partial charge in [-0.1, -0.05) is 12.1 Å². The van der Waals surface area contributed by atoms with Gasteiger partial charge in [-0.3, -0.25) is 9.36 Å². The number of imidazole rings is 1. The normalized spacial score (nSPS) is 23.3. The number of aliphatic hydroxyl groups excluding tert-OH is 2. The van der Waals surface area contributed by atoms with E-state index in [9.17, 15) is 15.0 Å². The van der Waals surface area contributed by atoms with Gasteiger partial charge >= 0.3 is 0 Å². The smallest absolute Gasteiger partial charge is 0.226 e. The van der Waals surface area contributed by atoms with Crippen LogP contribution in [0.2, 0.25) is 5.28 Å². The number of fused-ring (bicyclic) bond motifs is 1. The number of aliphatic hydroxyl groups is 2. The molecular weight excluding hydrogens is 539 g/mol. The van der Waals surface area contributed by atoms with Gasteiger partial charge in [-0.25, -0.2) is 4.98 Å². The predicted octanol–water partition coefficient (Wildman–Crippen LogP) is 1.45. The summed E-state index contributed by atoms with van der Waals surface area (Å²) in [4.78, 5) is 24.5. The number of ether oxygens (including phenoxy) is 1. The standard InChI is InChI=1S/C19H20ClIN6O4/c1-22-12(28)6-11-14(29)15(30)18(31-11)27-8-24-13-16(25-19(20)26-17(13)27)23-7-9-3-2-4-10(21)5-9/h2-5,8,11,14-15,18,29-30H,6-7H2,1H3,(H,22,28)(H,23,25,26). The highest BCUT2D eigenvalue weighted by Gasteiger charge is 2.45. The second-order valence-corrected chi connectivity index (χ2v) is 8.66. The van der Waals surface area contributed by atoms with E-state index in [1.807, 2.05) is 24.3 Å². The molecule has 1 saturated heterocycles. The number of hydrogen-bond donors (Lipinski definition) is 4. The minimum absolute atomic E-state index is 0.00524. The maximum Gasteiger partial charge on any atom is 0.226 e. The van der Waals surface area contributed by atoms with Gasteiger partial charge in [0.15, 0.2) is 23.2 Å². The second kappa shape index (κ2) is 9.20. The molecule has 0 bridgehead atoms. The predicted molar refractivity (Wildman–Crippen MR) is 121 cm³/mol. The maximum absolute atomic E-state index is 11.7. The molecule has 31 heavy (non-hydrogen) atoms. The molecule has 4 unspecified atom stereocenters. The van der Waals surface area contributed by atoms with Crippen molar-refractivity contribution in [1.82, 2.24) is 24.8 Å². The summed E-state index contributed by atoms with van der Waals surface area (Å²) < 4.78 is 8.37. The quantitative estimate of drug-likeness (QED) is 0.264. The average Bonchev–Trinajstić information content (AvgIpc) is 3.28. The molecule has 1 aliphatic heterocycles. The summed E-state index contributed by atoms with van der Waals surface area (Å²) in [6, 6.07) is 8.01. The van der Waals surface area contributed by atoms with Crippen molar-refractivity contribution >= 4 is 57.1 Å². The Labute approximate surface area is 196 Å².